The quantitative estimate of drug-likeness (QED) is 0.833. The lowest BCUT2D eigenvalue weighted by Crippen LogP contribution is -2.25. The van der Waals surface area contributed by atoms with E-state index >= 15 is 0 Å². The topological polar surface area (TPSA) is 17.0 Å². The molecule has 1 heterocycles. The highest BCUT2D eigenvalue weighted by Crippen LogP contribution is 2.33. The number of nitrogens with one attached hydrogen (secondary N) is 1. The monoisotopic (exact) mass is 292 g/mol. The van der Waals surface area contributed by atoms with Crippen LogP contribution in [0.5, 0.6) is 0 Å². The summed E-state index contributed by atoms with van der Waals surface area (Å²) < 4.78 is 3.04. The van der Waals surface area contributed by atoms with Crippen molar-refractivity contribution in [2.24, 2.45) is 7.05 Å². The zero-order valence-electron chi connectivity index (χ0n) is 11.8. The largest absolute Gasteiger partial charge is 0.326 e. The SMILES string of the molecule is CC(C)NC(C)c1sc(=S)n(C)c1-c1ccccc1. The van der Waals surface area contributed by atoms with Gasteiger partial charge in [-0.1, -0.05) is 44.2 Å². The van der Waals surface area contributed by atoms with Gasteiger partial charge in [-0.15, -0.1) is 11.3 Å². The van der Waals surface area contributed by atoms with Gasteiger partial charge in [0.15, 0.2) is 3.95 Å². The Morgan fingerprint density at radius 1 is 1.16 bits per heavy atom. The summed E-state index contributed by atoms with van der Waals surface area (Å²) in [4.78, 5) is 1.31. The number of nitrogens with zero attached hydrogens (tertiary/aromatic N) is 1. The van der Waals surface area contributed by atoms with E-state index in [1.54, 1.807) is 11.3 Å². The summed E-state index contributed by atoms with van der Waals surface area (Å²) >= 11 is 7.15. The average Bonchev–Trinajstić information content (AvgIpc) is 2.66. The normalized spacial score (nSPS) is 12.9. The second-order valence-corrected chi connectivity index (χ2v) is 6.72. The molecule has 2 nitrogen and oxygen atoms in total. The highest BCUT2D eigenvalue weighted by molar-refractivity contribution is 7.73. The van der Waals surface area contributed by atoms with Crippen molar-refractivity contribution in [3.63, 3.8) is 0 Å². The van der Waals surface area contributed by atoms with E-state index in [9.17, 15) is 0 Å². The van der Waals surface area contributed by atoms with Crippen molar-refractivity contribution in [2.75, 3.05) is 0 Å². The van der Waals surface area contributed by atoms with Gasteiger partial charge in [0.05, 0.1) is 5.69 Å². The molecule has 0 aliphatic carbocycles. The molecule has 1 aromatic carbocycles. The van der Waals surface area contributed by atoms with E-state index in [2.05, 4.69) is 54.9 Å². The van der Waals surface area contributed by atoms with Gasteiger partial charge in [-0.2, -0.15) is 0 Å². The third kappa shape index (κ3) is 3.14. The predicted molar refractivity (Wildman–Crippen MR) is 86.2 cm³/mol. The summed E-state index contributed by atoms with van der Waals surface area (Å²) in [7, 11) is 2.05. The molecule has 0 aliphatic heterocycles. The molecule has 2 rings (SSSR count). The molecule has 102 valence electrons. The Morgan fingerprint density at radius 3 is 2.37 bits per heavy atom. The molecule has 19 heavy (non-hydrogen) atoms. The summed E-state index contributed by atoms with van der Waals surface area (Å²) in [5, 5.41) is 3.56. The summed E-state index contributed by atoms with van der Waals surface area (Å²) in [5.41, 5.74) is 2.46. The van der Waals surface area contributed by atoms with Gasteiger partial charge >= 0.3 is 0 Å². The van der Waals surface area contributed by atoms with Crippen LogP contribution in [0.3, 0.4) is 0 Å². The van der Waals surface area contributed by atoms with E-state index in [1.165, 1.54) is 16.1 Å². The molecule has 1 aromatic heterocycles. The fourth-order valence-corrected chi connectivity index (χ4v) is 3.64. The minimum Gasteiger partial charge on any atom is -0.326 e. The molecule has 0 radical (unpaired) electrons. The molecule has 0 saturated heterocycles. The molecule has 1 unspecified atom stereocenters. The highest BCUT2D eigenvalue weighted by atomic mass is 32.1. The van der Waals surface area contributed by atoms with Crippen molar-refractivity contribution in [2.45, 2.75) is 32.9 Å². The Hall–Kier alpha value is -0.970. The zero-order chi connectivity index (χ0) is 14.0. The summed E-state index contributed by atoms with van der Waals surface area (Å²) in [6.07, 6.45) is 0. The van der Waals surface area contributed by atoms with Crippen molar-refractivity contribution in [3.8, 4) is 11.3 Å². The number of rotatable bonds is 4. The molecule has 0 saturated carbocycles. The Labute approximate surface area is 124 Å². The number of benzene rings is 1. The third-order valence-corrected chi connectivity index (χ3v) is 4.80. The van der Waals surface area contributed by atoms with Crippen molar-refractivity contribution >= 4 is 23.6 Å². The molecule has 4 heteroatoms. The minimum atomic E-state index is 0.308. The molecule has 0 bridgehead atoms. The minimum absolute atomic E-state index is 0.308. The summed E-state index contributed by atoms with van der Waals surface area (Å²) in [6, 6.07) is 11.2. The van der Waals surface area contributed by atoms with Crippen LogP contribution in [0.1, 0.15) is 31.7 Å². The van der Waals surface area contributed by atoms with Crippen LogP contribution >= 0.6 is 23.6 Å². The maximum Gasteiger partial charge on any atom is 0.161 e. The van der Waals surface area contributed by atoms with Crippen LogP contribution in [-0.2, 0) is 7.05 Å². The molecule has 1 N–H and O–H groups in total. The van der Waals surface area contributed by atoms with Crippen LogP contribution in [0.15, 0.2) is 30.3 Å². The average molecular weight is 292 g/mol. The van der Waals surface area contributed by atoms with Gasteiger partial charge in [-0.05, 0) is 24.7 Å². The molecule has 0 fully saturated rings. The van der Waals surface area contributed by atoms with Gasteiger partial charge < -0.3 is 9.88 Å². The molecule has 0 aliphatic rings. The van der Waals surface area contributed by atoms with E-state index in [0.717, 1.165) is 3.95 Å². The van der Waals surface area contributed by atoms with Crippen LogP contribution in [0, 0.1) is 3.95 Å². The van der Waals surface area contributed by atoms with Crippen molar-refractivity contribution in [1.82, 2.24) is 9.88 Å². The first-order valence-corrected chi connectivity index (χ1v) is 7.74. The second-order valence-electron chi connectivity index (χ2n) is 5.05. The second kappa shape index (κ2) is 5.99. The van der Waals surface area contributed by atoms with Crippen LogP contribution in [0.2, 0.25) is 0 Å². The highest BCUT2D eigenvalue weighted by Gasteiger charge is 2.18. The van der Waals surface area contributed by atoms with E-state index in [4.69, 9.17) is 12.2 Å². The smallest absolute Gasteiger partial charge is 0.161 e. The van der Waals surface area contributed by atoms with Crippen LogP contribution in [0.4, 0.5) is 0 Å². The maximum atomic E-state index is 5.45. The molecular formula is C15H20N2S2. The van der Waals surface area contributed by atoms with Crippen LogP contribution in [0.25, 0.3) is 11.3 Å². The van der Waals surface area contributed by atoms with Gasteiger partial charge in [0.2, 0.25) is 0 Å². The predicted octanol–water partition coefficient (Wildman–Crippen LogP) is 4.54. The fraction of sp³-hybridized carbons (Fsp3) is 0.400. The number of thiazole rings is 1. The summed E-state index contributed by atoms with van der Waals surface area (Å²) in [5.74, 6) is 0. The van der Waals surface area contributed by atoms with Gasteiger partial charge in [-0.3, -0.25) is 0 Å². The standard InChI is InChI=1S/C15H20N2S2/c1-10(2)16-11(3)14-13(17(4)15(18)19-14)12-8-6-5-7-9-12/h5-11,16H,1-4H3. The molecule has 2 aromatic rings. The summed E-state index contributed by atoms with van der Waals surface area (Å²) in [6.45, 7) is 6.54. The lowest BCUT2D eigenvalue weighted by molar-refractivity contribution is 0.511. The van der Waals surface area contributed by atoms with Crippen molar-refractivity contribution in [3.05, 3.63) is 39.2 Å². The van der Waals surface area contributed by atoms with Gasteiger partial charge in [0.1, 0.15) is 0 Å². The first-order valence-electron chi connectivity index (χ1n) is 6.52. The molecular weight excluding hydrogens is 272 g/mol. The van der Waals surface area contributed by atoms with Gasteiger partial charge in [-0.25, -0.2) is 0 Å². The molecule has 1 atom stereocenters. The number of aromatic nitrogens is 1. The number of hydrogen-bond acceptors (Lipinski definition) is 3. The zero-order valence-corrected chi connectivity index (χ0v) is 13.4. The maximum absolute atomic E-state index is 5.45. The van der Waals surface area contributed by atoms with E-state index in [1.807, 2.05) is 13.1 Å². The first-order chi connectivity index (χ1) is 9.00. The Kier molecular flexibility index (Phi) is 4.55. The van der Waals surface area contributed by atoms with E-state index in [0.29, 0.717) is 12.1 Å². The van der Waals surface area contributed by atoms with Crippen LogP contribution < -0.4 is 5.32 Å². The van der Waals surface area contributed by atoms with E-state index < -0.39 is 0 Å². The third-order valence-electron chi connectivity index (χ3n) is 3.06. The Bertz CT molecular complexity index is 596. The number of hydrogen-bond donors (Lipinski definition) is 1. The lowest BCUT2D eigenvalue weighted by atomic mass is 10.1. The molecule has 0 amide bonds. The van der Waals surface area contributed by atoms with Crippen molar-refractivity contribution < 1.29 is 0 Å². The van der Waals surface area contributed by atoms with Crippen molar-refractivity contribution in [1.29, 1.82) is 0 Å². The van der Waals surface area contributed by atoms with Crippen LogP contribution in [-0.4, -0.2) is 10.6 Å². The fourth-order valence-electron chi connectivity index (χ4n) is 2.27. The Balaban J connectivity index is 2.51. The first kappa shape index (κ1) is 14.4. The lowest BCUT2D eigenvalue weighted by Gasteiger charge is -2.17. The van der Waals surface area contributed by atoms with Gasteiger partial charge in [0, 0.05) is 24.0 Å². The Morgan fingerprint density at radius 2 is 1.79 bits per heavy atom. The van der Waals surface area contributed by atoms with E-state index in [-0.39, 0.29) is 0 Å². The van der Waals surface area contributed by atoms with Gasteiger partial charge in [0.25, 0.3) is 0 Å². The molecule has 0 spiro atoms.